The Morgan fingerprint density at radius 3 is 2.63 bits per heavy atom. The third kappa shape index (κ3) is 2.79. The molecule has 0 atom stereocenters. The van der Waals surface area contributed by atoms with Crippen molar-refractivity contribution >= 4 is 16.5 Å². The summed E-state index contributed by atoms with van der Waals surface area (Å²) in [5.41, 5.74) is 6.68. The van der Waals surface area contributed by atoms with E-state index in [4.69, 9.17) is 10.5 Å². The van der Waals surface area contributed by atoms with Gasteiger partial charge in [-0.2, -0.15) is 0 Å². The van der Waals surface area contributed by atoms with E-state index in [2.05, 4.69) is 23.7 Å². The standard InChI is InChI=1S/C15H21N3O/c1-15(2,18(3)4)10-19-14-6-5-13(16)11-7-8-17-9-12(11)14/h5-9H,10,16H2,1-4H3. The van der Waals surface area contributed by atoms with Crippen LogP contribution in [0.3, 0.4) is 0 Å². The Kier molecular flexibility index (Phi) is 3.62. The van der Waals surface area contributed by atoms with Crippen LogP contribution in [0.15, 0.2) is 30.6 Å². The third-order valence-electron chi connectivity index (χ3n) is 3.60. The molecular weight excluding hydrogens is 238 g/mol. The molecule has 1 aromatic carbocycles. The minimum absolute atomic E-state index is 0.0318. The average molecular weight is 259 g/mol. The first kappa shape index (κ1) is 13.6. The number of hydrogen-bond donors (Lipinski definition) is 1. The molecule has 4 nitrogen and oxygen atoms in total. The van der Waals surface area contributed by atoms with Crippen LogP contribution in [0, 0.1) is 0 Å². The molecule has 0 aliphatic carbocycles. The molecule has 0 spiro atoms. The first-order chi connectivity index (χ1) is 8.92. The summed E-state index contributed by atoms with van der Waals surface area (Å²) in [4.78, 5) is 6.29. The molecule has 2 aromatic rings. The Hall–Kier alpha value is -1.81. The van der Waals surface area contributed by atoms with Gasteiger partial charge in [0, 0.05) is 34.4 Å². The zero-order valence-corrected chi connectivity index (χ0v) is 12.0. The Morgan fingerprint density at radius 1 is 1.21 bits per heavy atom. The second-order valence-corrected chi connectivity index (χ2v) is 5.57. The quantitative estimate of drug-likeness (QED) is 0.857. The highest BCUT2D eigenvalue weighted by Crippen LogP contribution is 2.29. The maximum atomic E-state index is 5.96. The van der Waals surface area contributed by atoms with E-state index in [0.717, 1.165) is 22.2 Å². The maximum absolute atomic E-state index is 5.96. The maximum Gasteiger partial charge on any atom is 0.128 e. The van der Waals surface area contributed by atoms with Gasteiger partial charge in [-0.1, -0.05) is 0 Å². The second kappa shape index (κ2) is 5.05. The largest absolute Gasteiger partial charge is 0.491 e. The van der Waals surface area contributed by atoms with Gasteiger partial charge in [-0.3, -0.25) is 4.98 Å². The summed E-state index contributed by atoms with van der Waals surface area (Å²) in [6, 6.07) is 5.69. The lowest BCUT2D eigenvalue weighted by Gasteiger charge is -2.32. The van der Waals surface area contributed by atoms with E-state index in [1.165, 1.54) is 0 Å². The first-order valence-corrected chi connectivity index (χ1v) is 6.34. The fraction of sp³-hybridized carbons (Fsp3) is 0.400. The van der Waals surface area contributed by atoms with Crippen molar-refractivity contribution in [3.63, 3.8) is 0 Å². The lowest BCUT2D eigenvalue weighted by atomic mass is 10.1. The molecule has 0 radical (unpaired) electrons. The summed E-state index contributed by atoms with van der Waals surface area (Å²) in [5.74, 6) is 0.826. The average Bonchev–Trinajstić information content (AvgIpc) is 2.38. The van der Waals surface area contributed by atoms with Crippen LogP contribution in [0.4, 0.5) is 5.69 Å². The SMILES string of the molecule is CN(C)C(C)(C)COc1ccc(N)c2ccncc12. The fourth-order valence-electron chi connectivity index (χ4n) is 1.70. The fourth-order valence-corrected chi connectivity index (χ4v) is 1.70. The highest BCUT2D eigenvalue weighted by atomic mass is 16.5. The van der Waals surface area contributed by atoms with Crippen LogP contribution in [0.25, 0.3) is 10.8 Å². The minimum Gasteiger partial charge on any atom is -0.491 e. The normalized spacial score (nSPS) is 12.1. The molecule has 0 fully saturated rings. The smallest absolute Gasteiger partial charge is 0.128 e. The molecule has 0 saturated heterocycles. The molecular formula is C15H21N3O. The number of hydrogen-bond acceptors (Lipinski definition) is 4. The summed E-state index contributed by atoms with van der Waals surface area (Å²) in [5, 5.41) is 1.94. The predicted molar refractivity (Wildman–Crippen MR) is 79.4 cm³/mol. The summed E-state index contributed by atoms with van der Waals surface area (Å²) in [7, 11) is 4.10. The van der Waals surface area contributed by atoms with Gasteiger partial charge < -0.3 is 15.4 Å². The number of ether oxygens (including phenoxy) is 1. The molecule has 102 valence electrons. The number of pyridine rings is 1. The number of likely N-dealkylation sites (N-methyl/N-ethyl adjacent to an activating group) is 1. The van der Waals surface area contributed by atoms with Gasteiger partial charge in [0.05, 0.1) is 0 Å². The molecule has 2 rings (SSSR count). The molecule has 19 heavy (non-hydrogen) atoms. The van der Waals surface area contributed by atoms with Crippen molar-refractivity contribution in [3.8, 4) is 5.75 Å². The molecule has 1 heterocycles. The van der Waals surface area contributed by atoms with Gasteiger partial charge in [-0.25, -0.2) is 0 Å². The van der Waals surface area contributed by atoms with Gasteiger partial charge >= 0.3 is 0 Å². The van der Waals surface area contributed by atoms with E-state index in [1.807, 2.05) is 32.3 Å². The lowest BCUT2D eigenvalue weighted by molar-refractivity contribution is 0.115. The summed E-state index contributed by atoms with van der Waals surface area (Å²) < 4.78 is 5.96. The molecule has 0 bridgehead atoms. The number of aromatic nitrogens is 1. The van der Waals surface area contributed by atoms with Gasteiger partial charge in [-0.15, -0.1) is 0 Å². The van der Waals surface area contributed by atoms with E-state index in [9.17, 15) is 0 Å². The third-order valence-corrected chi connectivity index (χ3v) is 3.60. The molecule has 0 amide bonds. The topological polar surface area (TPSA) is 51.4 Å². The molecule has 0 aliphatic heterocycles. The van der Waals surface area contributed by atoms with E-state index >= 15 is 0 Å². The minimum atomic E-state index is -0.0318. The van der Waals surface area contributed by atoms with Crippen molar-refractivity contribution in [2.45, 2.75) is 19.4 Å². The van der Waals surface area contributed by atoms with Crippen LogP contribution in [-0.2, 0) is 0 Å². The molecule has 0 aliphatic rings. The number of nitrogens with two attached hydrogens (primary N) is 1. The van der Waals surface area contributed by atoms with Crippen LogP contribution >= 0.6 is 0 Å². The highest BCUT2D eigenvalue weighted by Gasteiger charge is 2.21. The summed E-state index contributed by atoms with van der Waals surface area (Å²) >= 11 is 0. The van der Waals surface area contributed by atoms with Crippen LogP contribution in [-0.4, -0.2) is 36.1 Å². The molecule has 2 N–H and O–H groups in total. The van der Waals surface area contributed by atoms with E-state index in [0.29, 0.717) is 6.61 Å². The molecule has 0 unspecified atom stereocenters. The van der Waals surface area contributed by atoms with Crippen molar-refractivity contribution in [3.05, 3.63) is 30.6 Å². The van der Waals surface area contributed by atoms with Gasteiger partial charge in [0.25, 0.3) is 0 Å². The van der Waals surface area contributed by atoms with E-state index in [-0.39, 0.29) is 5.54 Å². The highest BCUT2D eigenvalue weighted by molar-refractivity contribution is 5.96. The zero-order chi connectivity index (χ0) is 14.0. The molecule has 4 heteroatoms. The Labute approximate surface area is 114 Å². The number of nitrogen functional groups attached to an aromatic ring is 1. The van der Waals surface area contributed by atoms with Crippen LogP contribution in [0.2, 0.25) is 0 Å². The van der Waals surface area contributed by atoms with Crippen LogP contribution in [0.1, 0.15) is 13.8 Å². The van der Waals surface area contributed by atoms with Crippen molar-refractivity contribution in [2.24, 2.45) is 0 Å². The Bertz CT molecular complexity index is 579. The number of anilines is 1. The van der Waals surface area contributed by atoms with Gasteiger partial charge in [-0.05, 0) is 46.1 Å². The number of nitrogens with zero attached hydrogens (tertiary/aromatic N) is 2. The van der Waals surface area contributed by atoms with Gasteiger partial charge in [0.2, 0.25) is 0 Å². The summed E-state index contributed by atoms with van der Waals surface area (Å²) in [6.45, 7) is 4.89. The zero-order valence-electron chi connectivity index (χ0n) is 12.0. The van der Waals surface area contributed by atoms with E-state index in [1.54, 1.807) is 12.4 Å². The van der Waals surface area contributed by atoms with Crippen molar-refractivity contribution in [1.29, 1.82) is 0 Å². The van der Waals surface area contributed by atoms with Crippen LogP contribution in [0.5, 0.6) is 5.75 Å². The molecule has 1 aromatic heterocycles. The molecule has 0 saturated carbocycles. The van der Waals surface area contributed by atoms with Crippen LogP contribution < -0.4 is 10.5 Å². The second-order valence-electron chi connectivity index (χ2n) is 5.57. The van der Waals surface area contributed by atoms with Crippen molar-refractivity contribution in [1.82, 2.24) is 9.88 Å². The predicted octanol–water partition coefficient (Wildman–Crippen LogP) is 2.54. The summed E-state index contributed by atoms with van der Waals surface area (Å²) in [6.07, 6.45) is 3.54. The van der Waals surface area contributed by atoms with Crippen molar-refractivity contribution < 1.29 is 4.74 Å². The van der Waals surface area contributed by atoms with E-state index < -0.39 is 0 Å². The monoisotopic (exact) mass is 259 g/mol. The van der Waals surface area contributed by atoms with Crippen molar-refractivity contribution in [2.75, 3.05) is 26.4 Å². The number of rotatable bonds is 4. The first-order valence-electron chi connectivity index (χ1n) is 6.34. The number of benzene rings is 1. The van der Waals surface area contributed by atoms with Gasteiger partial charge in [0.1, 0.15) is 12.4 Å². The number of fused-ring (bicyclic) bond motifs is 1. The Balaban J connectivity index is 2.29. The Morgan fingerprint density at radius 2 is 1.95 bits per heavy atom. The lowest BCUT2D eigenvalue weighted by Crippen LogP contribution is -2.43. The van der Waals surface area contributed by atoms with Gasteiger partial charge in [0.15, 0.2) is 0 Å².